The zero-order chi connectivity index (χ0) is 26.2. The number of nitrogens with one attached hydrogen (secondary N) is 2. The zero-order valence-electron chi connectivity index (χ0n) is 20.7. The highest BCUT2D eigenvalue weighted by Crippen LogP contribution is 2.35. The molecule has 3 amide bonds. The number of rotatable bonds is 10. The summed E-state index contributed by atoms with van der Waals surface area (Å²) < 4.78 is 16.0. The molecule has 0 spiro atoms. The predicted molar refractivity (Wildman–Crippen MR) is 137 cm³/mol. The second kappa shape index (κ2) is 12.0. The monoisotopic (exact) mass is 503 g/mol. The Labute approximate surface area is 215 Å². The second-order valence-electron chi connectivity index (χ2n) is 8.43. The van der Waals surface area contributed by atoms with Crippen LogP contribution in [0.15, 0.2) is 78.9 Å². The van der Waals surface area contributed by atoms with Crippen LogP contribution in [0.4, 0.5) is 10.5 Å². The van der Waals surface area contributed by atoms with Gasteiger partial charge >= 0.3 is 6.09 Å². The van der Waals surface area contributed by atoms with Crippen LogP contribution < -0.4 is 15.4 Å². The SMILES string of the molecule is COCCNC(=O)C1C(c2cccc(NC(=O)c3ccccc3OC)c2)OC(=O)N1Cc1ccccc1. The number of benzene rings is 3. The molecule has 0 radical (unpaired) electrons. The summed E-state index contributed by atoms with van der Waals surface area (Å²) >= 11 is 0. The number of nitrogens with zero attached hydrogens (tertiary/aromatic N) is 1. The van der Waals surface area contributed by atoms with Gasteiger partial charge in [-0.15, -0.1) is 0 Å². The fraction of sp³-hybridized carbons (Fsp3) is 0.250. The number of para-hydroxylation sites is 1. The van der Waals surface area contributed by atoms with Crippen LogP contribution in [0.3, 0.4) is 0 Å². The van der Waals surface area contributed by atoms with Crippen molar-refractivity contribution >= 4 is 23.6 Å². The van der Waals surface area contributed by atoms with Crippen LogP contribution in [0.5, 0.6) is 5.75 Å². The fourth-order valence-corrected chi connectivity index (χ4v) is 4.20. The molecule has 1 heterocycles. The predicted octanol–water partition coefficient (Wildman–Crippen LogP) is 3.77. The van der Waals surface area contributed by atoms with E-state index in [0.29, 0.717) is 35.7 Å². The molecule has 2 N–H and O–H groups in total. The van der Waals surface area contributed by atoms with Crippen molar-refractivity contribution < 1.29 is 28.6 Å². The summed E-state index contributed by atoms with van der Waals surface area (Å²) in [6.07, 6.45) is -1.47. The molecule has 0 saturated carbocycles. The minimum Gasteiger partial charge on any atom is -0.496 e. The van der Waals surface area contributed by atoms with Gasteiger partial charge in [0.05, 0.1) is 25.8 Å². The minimum absolute atomic E-state index is 0.211. The number of cyclic esters (lactones) is 1. The molecule has 1 fully saturated rings. The minimum atomic E-state index is -0.912. The number of amides is 3. The maximum absolute atomic E-state index is 13.2. The summed E-state index contributed by atoms with van der Waals surface area (Å²) in [5.74, 6) is -0.255. The van der Waals surface area contributed by atoms with Crippen molar-refractivity contribution in [1.82, 2.24) is 10.2 Å². The van der Waals surface area contributed by atoms with E-state index in [2.05, 4.69) is 10.6 Å². The van der Waals surface area contributed by atoms with Crippen molar-refractivity contribution in [2.24, 2.45) is 0 Å². The quantitative estimate of drug-likeness (QED) is 0.408. The summed E-state index contributed by atoms with van der Waals surface area (Å²) in [7, 11) is 3.05. The topological polar surface area (TPSA) is 106 Å². The van der Waals surface area contributed by atoms with Crippen LogP contribution in [0.2, 0.25) is 0 Å². The molecule has 1 aliphatic heterocycles. The van der Waals surface area contributed by atoms with Crippen LogP contribution in [0.1, 0.15) is 27.6 Å². The normalized spacial score (nSPS) is 16.7. The number of carbonyl (C=O) groups excluding carboxylic acids is 3. The van der Waals surface area contributed by atoms with Crippen molar-refractivity contribution in [3.8, 4) is 5.75 Å². The summed E-state index contributed by atoms with van der Waals surface area (Å²) in [5, 5.41) is 5.68. The van der Waals surface area contributed by atoms with Crippen LogP contribution >= 0.6 is 0 Å². The van der Waals surface area contributed by atoms with E-state index in [-0.39, 0.29) is 18.4 Å². The molecule has 9 nitrogen and oxygen atoms in total. The Bertz CT molecular complexity index is 1250. The van der Waals surface area contributed by atoms with Gasteiger partial charge in [0.15, 0.2) is 12.1 Å². The highest BCUT2D eigenvalue weighted by atomic mass is 16.6. The maximum atomic E-state index is 13.2. The first-order chi connectivity index (χ1) is 18.0. The Morgan fingerprint density at radius 1 is 0.973 bits per heavy atom. The molecule has 2 unspecified atom stereocenters. The van der Waals surface area contributed by atoms with Gasteiger partial charge in [0.2, 0.25) is 5.91 Å². The summed E-state index contributed by atoms with van der Waals surface area (Å²) in [6, 6.07) is 22.3. The average Bonchev–Trinajstić information content (AvgIpc) is 3.25. The van der Waals surface area contributed by atoms with E-state index in [0.717, 1.165) is 5.56 Å². The molecule has 0 aromatic heterocycles. The first-order valence-electron chi connectivity index (χ1n) is 11.8. The zero-order valence-corrected chi connectivity index (χ0v) is 20.7. The van der Waals surface area contributed by atoms with E-state index in [1.807, 2.05) is 30.3 Å². The number of ether oxygens (including phenoxy) is 3. The van der Waals surface area contributed by atoms with Gasteiger partial charge in [-0.2, -0.15) is 0 Å². The molecule has 4 rings (SSSR count). The molecule has 3 aromatic rings. The molecule has 9 heteroatoms. The third-order valence-electron chi connectivity index (χ3n) is 5.98. The fourth-order valence-electron chi connectivity index (χ4n) is 4.20. The van der Waals surface area contributed by atoms with E-state index in [1.165, 1.54) is 12.0 Å². The Hall–Kier alpha value is -4.37. The molecule has 1 saturated heterocycles. The standard InChI is InChI=1S/C28H29N3O6/c1-35-16-15-29-27(33)24-25(37-28(34)31(24)18-19-9-4-3-5-10-19)20-11-8-12-21(17-20)30-26(32)22-13-6-7-14-23(22)36-2/h3-14,17,24-25H,15-16,18H2,1-2H3,(H,29,33)(H,30,32). The van der Waals surface area contributed by atoms with Gasteiger partial charge in [-0.1, -0.05) is 54.6 Å². The van der Waals surface area contributed by atoms with Gasteiger partial charge in [-0.25, -0.2) is 4.79 Å². The molecular weight excluding hydrogens is 474 g/mol. The van der Waals surface area contributed by atoms with Crippen LogP contribution in [0, 0.1) is 0 Å². The lowest BCUT2D eigenvalue weighted by Crippen LogP contribution is -2.47. The lowest BCUT2D eigenvalue weighted by Gasteiger charge is -2.24. The number of carbonyl (C=O) groups is 3. The van der Waals surface area contributed by atoms with Crippen molar-refractivity contribution in [3.63, 3.8) is 0 Å². The maximum Gasteiger partial charge on any atom is 0.411 e. The van der Waals surface area contributed by atoms with E-state index < -0.39 is 18.2 Å². The van der Waals surface area contributed by atoms with Gasteiger partial charge < -0.3 is 24.8 Å². The smallest absolute Gasteiger partial charge is 0.411 e. The average molecular weight is 504 g/mol. The molecule has 1 aliphatic rings. The molecule has 0 bridgehead atoms. The lowest BCUT2D eigenvalue weighted by atomic mass is 10.00. The highest BCUT2D eigenvalue weighted by Gasteiger charge is 2.47. The summed E-state index contributed by atoms with van der Waals surface area (Å²) in [6.45, 7) is 0.838. The largest absolute Gasteiger partial charge is 0.496 e. The van der Waals surface area contributed by atoms with E-state index in [9.17, 15) is 14.4 Å². The van der Waals surface area contributed by atoms with E-state index >= 15 is 0 Å². The van der Waals surface area contributed by atoms with Gasteiger partial charge in [0, 0.05) is 19.3 Å². The van der Waals surface area contributed by atoms with Crippen LogP contribution in [0.25, 0.3) is 0 Å². The van der Waals surface area contributed by atoms with Crippen molar-refractivity contribution in [2.45, 2.75) is 18.7 Å². The first-order valence-corrected chi connectivity index (χ1v) is 11.8. The Balaban J connectivity index is 1.59. The van der Waals surface area contributed by atoms with E-state index in [1.54, 1.807) is 55.6 Å². The van der Waals surface area contributed by atoms with Gasteiger partial charge in [0.1, 0.15) is 5.75 Å². The van der Waals surface area contributed by atoms with Gasteiger partial charge in [-0.3, -0.25) is 14.5 Å². The van der Waals surface area contributed by atoms with Gasteiger partial charge in [0.25, 0.3) is 5.91 Å². The van der Waals surface area contributed by atoms with E-state index in [4.69, 9.17) is 14.2 Å². The number of hydrogen-bond donors (Lipinski definition) is 2. The molecule has 0 aliphatic carbocycles. The molecule has 3 aromatic carbocycles. The Morgan fingerprint density at radius 2 is 1.73 bits per heavy atom. The summed E-state index contributed by atoms with van der Waals surface area (Å²) in [4.78, 5) is 40.5. The molecular formula is C28H29N3O6. The molecule has 2 atom stereocenters. The van der Waals surface area contributed by atoms with Crippen molar-refractivity contribution in [3.05, 3.63) is 95.6 Å². The lowest BCUT2D eigenvalue weighted by molar-refractivity contribution is -0.126. The Morgan fingerprint density at radius 3 is 2.49 bits per heavy atom. The first kappa shape index (κ1) is 25.7. The summed E-state index contributed by atoms with van der Waals surface area (Å²) in [5.41, 5.74) is 2.32. The Kier molecular flexibility index (Phi) is 8.37. The third-order valence-corrected chi connectivity index (χ3v) is 5.98. The third kappa shape index (κ3) is 6.07. The van der Waals surface area contributed by atoms with Crippen LogP contribution in [-0.4, -0.2) is 56.2 Å². The highest BCUT2D eigenvalue weighted by molar-refractivity contribution is 6.06. The number of hydrogen-bond acceptors (Lipinski definition) is 6. The molecule has 37 heavy (non-hydrogen) atoms. The molecule has 192 valence electrons. The number of methoxy groups -OCH3 is 2. The van der Waals surface area contributed by atoms with Crippen LogP contribution in [-0.2, 0) is 20.8 Å². The van der Waals surface area contributed by atoms with Crippen molar-refractivity contribution in [2.75, 3.05) is 32.7 Å². The number of anilines is 1. The van der Waals surface area contributed by atoms with Gasteiger partial charge in [-0.05, 0) is 35.4 Å². The van der Waals surface area contributed by atoms with Crippen molar-refractivity contribution in [1.29, 1.82) is 0 Å². The second-order valence-corrected chi connectivity index (χ2v) is 8.43.